The van der Waals surface area contributed by atoms with E-state index >= 15 is 0 Å². The number of fused-ring (bicyclic) bond motifs is 6. The van der Waals surface area contributed by atoms with Crippen LogP contribution in [0, 0.1) is 0 Å². The molecule has 148 valence electrons. The molecule has 31 heavy (non-hydrogen) atoms. The molecular weight excluding hydrogens is 381 g/mol. The first-order valence-corrected chi connectivity index (χ1v) is 9.71. The quantitative estimate of drug-likeness (QED) is 0.292. The molecule has 2 heterocycles. The van der Waals surface area contributed by atoms with E-state index in [-0.39, 0.29) is 21.0 Å². The molecular formula is C26H20BeN2O2. The first-order valence-electron chi connectivity index (χ1n) is 9.71. The zero-order valence-corrected chi connectivity index (χ0v) is 16.1. The number of H-pyrrole nitrogens is 2. The minimum absolute atomic E-state index is 0. The molecule has 0 radical (unpaired) electrons. The first kappa shape index (κ1) is 20.3. The van der Waals surface area contributed by atoms with Gasteiger partial charge in [0, 0.05) is 12.4 Å². The van der Waals surface area contributed by atoms with Gasteiger partial charge in [0.15, 0.2) is 10.9 Å². The molecule has 2 aromatic heterocycles. The fourth-order valence-corrected chi connectivity index (χ4v) is 3.88. The van der Waals surface area contributed by atoms with Crippen molar-refractivity contribution in [3.63, 3.8) is 0 Å². The summed E-state index contributed by atoms with van der Waals surface area (Å²) in [4.78, 5) is 29.8. The number of hydrogen-bond donors (Lipinski definition) is 2. The molecule has 0 aliphatic heterocycles. The molecule has 0 aliphatic carbocycles. The van der Waals surface area contributed by atoms with E-state index in [1.807, 2.05) is 73.1 Å². The maximum absolute atomic E-state index is 11.8. The number of nitrogens with one attached hydrogen (secondary N) is 2. The van der Waals surface area contributed by atoms with Crippen LogP contribution < -0.4 is 10.9 Å². The second kappa shape index (κ2) is 8.39. The summed E-state index contributed by atoms with van der Waals surface area (Å²) >= 11 is 0. The number of benzene rings is 4. The van der Waals surface area contributed by atoms with E-state index in [0.29, 0.717) is 0 Å². The molecule has 6 rings (SSSR count). The summed E-state index contributed by atoms with van der Waals surface area (Å²) in [7, 11) is 0. The molecule has 6 aromatic rings. The fourth-order valence-electron chi connectivity index (χ4n) is 3.88. The average Bonchev–Trinajstić information content (AvgIpc) is 2.79. The molecule has 0 aliphatic rings. The molecule has 4 nitrogen and oxygen atoms in total. The van der Waals surface area contributed by atoms with Gasteiger partial charge in [-0.15, -0.1) is 0 Å². The Labute approximate surface area is 181 Å². The predicted molar refractivity (Wildman–Crippen MR) is 133 cm³/mol. The standard InChI is InChI=1S/2C13H9NO.Be.2H/c2*15-11-5-1-3-9-6-7-10-4-2-8-14-13(10)12(9)11;;;/h2*1-8,14H;;;. The van der Waals surface area contributed by atoms with E-state index in [2.05, 4.69) is 9.97 Å². The summed E-state index contributed by atoms with van der Waals surface area (Å²) in [5, 5.41) is 5.64. The Hall–Kier alpha value is -4.01. The van der Waals surface area contributed by atoms with Gasteiger partial charge in [0.05, 0.1) is 21.8 Å². The molecule has 5 heteroatoms. The average molecular weight is 401 g/mol. The molecule has 0 saturated heterocycles. The Bertz CT molecular complexity index is 1530. The van der Waals surface area contributed by atoms with Crippen molar-refractivity contribution in [2.24, 2.45) is 0 Å². The first-order chi connectivity index (χ1) is 14.7. The van der Waals surface area contributed by atoms with Gasteiger partial charge in [-0.1, -0.05) is 60.7 Å². The Morgan fingerprint density at radius 2 is 0.839 bits per heavy atom. The van der Waals surface area contributed by atoms with Crippen molar-refractivity contribution in [2.75, 3.05) is 0 Å². The van der Waals surface area contributed by atoms with Crippen LogP contribution in [-0.2, 0) is 0 Å². The van der Waals surface area contributed by atoms with E-state index in [1.54, 1.807) is 24.3 Å². The predicted octanol–water partition coefficient (Wildman–Crippen LogP) is 4.45. The molecule has 4 aromatic carbocycles. The van der Waals surface area contributed by atoms with Crippen molar-refractivity contribution in [1.29, 1.82) is 0 Å². The number of hydrogen-bond acceptors (Lipinski definition) is 2. The Morgan fingerprint density at radius 3 is 1.29 bits per heavy atom. The molecule has 0 unspecified atom stereocenters. The third-order valence-corrected chi connectivity index (χ3v) is 5.28. The van der Waals surface area contributed by atoms with E-state index in [1.165, 1.54) is 0 Å². The second-order valence-electron chi connectivity index (χ2n) is 7.11. The van der Waals surface area contributed by atoms with Gasteiger partial charge in [0.25, 0.3) is 0 Å². The molecule has 0 bridgehead atoms. The third kappa shape index (κ3) is 3.65. The Morgan fingerprint density at radius 1 is 0.452 bits per heavy atom. The normalized spacial score (nSPS) is 10.6. The van der Waals surface area contributed by atoms with Gasteiger partial charge in [-0.2, -0.15) is 0 Å². The van der Waals surface area contributed by atoms with Crippen LogP contribution in [0.2, 0.25) is 0 Å². The molecule has 0 amide bonds. The number of rotatable bonds is 0. The summed E-state index contributed by atoms with van der Waals surface area (Å²) in [5.74, 6) is 0. The molecule has 0 fully saturated rings. The summed E-state index contributed by atoms with van der Waals surface area (Å²) in [5.41, 5.74) is 1.97. The zero-order chi connectivity index (χ0) is 20.5. The Kier molecular flexibility index (Phi) is 5.48. The summed E-state index contributed by atoms with van der Waals surface area (Å²) in [6.07, 6.45) is 3.68. The summed E-state index contributed by atoms with van der Waals surface area (Å²) < 4.78 is 0. The molecule has 2 N–H and O–H groups in total. The van der Waals surface area contributed by atoms with E-state index < -0.39 is 0 Å². The Balaban J connectivity index is 0.000000144. The van der Waals surface area contributed by atoms with Crippen molar-refractivity contribution in [3.05, 3.63) is 118 Å². The molecule has 0 saturated carbocycles. The van der Waals surface area contributed by atoms with Crippen LogP contribution in [0.1, 0.15) is 0 Å². The van der Waals surface area contributed by atoms with Crippen LogP contribution in [0.15, 0.2) is 107 Å². The van der Waals surface area contributed by atoms with Gasteiger partial charge in [0.1, 0.15) is 0 Å². The molecule has 0 atom stereocenters. The van der Waals surface area contributed by atoms with Crippen LogP contribution in [0.5, 0.6) is 0 Å². The van der Waals surface area contributed by atoms with Crippen LogP contribution in [0.25, 0.3) is 43.4 Å². The SMILES string of the molecule is O=c1cccc2ccc3ccc[nH]c3c12.O=c1cccc2ccc3ccc[nH]c3c12.[BeH2]. The molecule has 0 spiro atoms. The van der Waals surface area contributed by atoms with Gasteiger partial charge >= 0.3 is 10.1 Å². The van der Waals surface area contributed by atoms with Crippen molar-refractivity contribution in [1.82, 2.24) is 9.97 Å². The van der Waals surface area contributed by atoms with E-state index in [0.717, 1.165) is 43.4 Å². The minimum atomic E-state index is 0. The summed E-state index contributed by atoms with van der Waals surface area (Å²) in [6, 6.07) is 26.6. The second-order valence-corrected chi connectivity index (χ2v) is 7.11. The third-order valence-electron chi connectivity index (χ3n) is 5.28. The number of pyridine rings is 2. The van der Waals surface area contributed by atoms with E-state index in [4.69, 9.17) is 0 Å². The van der Waals surface area contributed by atoms with Crippen LogP contribution in [0.4, 0.5) is 0 Å². The van der Waals surface area contributed by atoms with Crippen molar-refractivity contribution < 1.29 is 0 Å². The maximum atomic E-state index is 11.8. The van der Waals surface area contributed by atoms with Gasteiger partial charge in [0.2, 0.25) is 0 Å². The van der Waals surface area contributed by atoms with E-state index in [9.17, 15) is 9.59 Å². The van der Waals surface area contributed by atoms with Crippen molar-refractivity contribution >= 4 is 53.5 Å². The topological polar surface area (TPSA) is 65.7 Å². The zero-order valence-electron chi connectivity index (χ0n) is 16.1. The summed E-state index contributed by atoms with van der Waals surface area (Å²) in [6.45, 7) is 0. The van der Waals surface area contributed by atoms with Gasteiger partial charge in [-0.3, -0.25) is 9.59 Å². The van der Waals surface area contributed by atoms with Gasteiger partial charge in [-0.05, 0) is 45.8 Å². The van der Waals surface area contributed by atoms with Gasteiger partial charge < -0.3 is 9.97 Å². The van der Waals surface area contributed by atoms with Crippen LogP contribution in [0.3, 0.4) is 0 Å². The number of aromatic amines is 2. The van der Waals surface area contributed by atoms with Gasteiger partial charge in [-0.25, -0.2) is 0 Å². The number of aromatic nitrogens is 2. The van der Waals surface area contributed by atoms with Crippen molar-refractivity contribution in [3.8, 4) is 0 Å². The van der Waals surface area contributed by atoms with Crippen LogP contribution in [-0.4, -0.2) is 20.1 Å². The van der Waals surface area contributed by atoms with Crippen LogP contribution >= 0.6 is 0 Å². The fraction of sp³-hybridized carbons (Fsp3) is 0. The van der Waals surface area contributed by atoms with Crippen molar-refractivity contribution in [2.45, 2.75) is 0 Å². The monoisotopic (exact) mass is 401 g/mol.